The fourth-order valence-corrected chi connectivity index (χ4v) is 4.69. The van der Waals surface area contributed by atoms with Crippen LogP contribution in [0.5, 0.6) is 0 Å². The van der Waals surface area contributed by atoms with E-state index in [4.69, 9.17) is 9.84 Å². The number of hydrogen-bond acceptors (Lipinski definition) is 5. The Morgan fingerprint density at radius 2 is 2.14 bits per heavy atom. The number of aromatic nitrogens is 2. The largest absolute Gasteiger partial charge is 0.394 e. The van der Waals surface area contributed by atoms with Gasteiger partial charge in [-0.05, 0) is 33.1 Å². The topological polar surface area (TPSA) is 93.5 Å². The molecule has 1 saturated carbocycles. The van der Waals surface area contributed by atoms with Crippen molar-refractivity contribution in [2.24, 2.45) is 0 Å². The Kier molecular flexibility index (Phi) is 5.03. The molecular weight excluding hydrogens is 294 g/mol. The monoisotopic (exact) mass is 317 g/mol. The first-order chi connectivity index (χ1) is 9.90. The fourth-order valence-electron chi connectivity index (χ4n) is 2.98. The minimum absolute atomic E-state index is 0.0760. The number of nitrogens with zero attached hydrogens (tertiary/aromatic N) is 2. The van der Waals surface area contributed by atoms with Crippen LogP contribution in [0, 0.1) is 13.8 Å². The van der Waals surface area contributed by atoms with Crippen LogP contribution in [0.3, 0.4) is 0 Å². The van der Waals surface area contributed by atoms with Gasteiger partial charge in [0.25, 0.3) is 0 Å². The van der Waals surface area contributed by atoms with Gasteiger partial charge < -0.3 is 9.84 Å². The average Bonchev–Trinajstić information content (AvgIpc) is 2.94. The normalized spacial score (nSPS) is 22.9. The molecule has 2 N–H and O–H groups in total. The molecule has 8 heteroatoms. The minimum atomic E-state index is -3.64. The SMILES string of the molecule is COC1CCCC1NS(=O)(=O)c1c(C)nn(CCO)c1C. The number of hydrogen-bond donors (Lipinski definition) is 2. The van der Waals surface area contributed by atoms with Gasteiger partial charge in [0.15, 0.2) is 0 Å². The summed E-state index contributed by atoms with van der Waals surface area (Å²) in [5.41, 5.74) is 0.987. The van der Waals surface area contributed by atoms with Crippen molar-refractivity contribution in [1.82, 2.24) is 14.5 Å². The predicted octanol–water partition coefficient (Wildman–Crippen LogP) is 0.338. The zero-order chi connectivity index (χ0) is 15.6. The Hall–Kier alpha value is -0.960. The number of sulfonamides is 1. The molecule has 1 aliphatic carbocycles. The summed E-state index contributed by atoms with van der Waals surface area (Å²) >= 11 is 0. The molecule has 1 heterocycles. The van der Waals surface area contributed by atoms with E-state index < -0.39 is 10.0 Å². The van der Waals surface area contributed by atoms with Crippen molar-refractivity contribution in [2.75, 3.05) is 13.7 Å². The lowest BCUT2D eigenvalue weighted by molar-refractivity contribution is 0.0916. The number of aryl methyl sites for hydroxylation is 1. The Bertz CT molecular complexity index is 597. The first-order valence-corrected chi connectivity index (χ1v) is 8.59. The molecule has 0 bridgehead atoms. The van der Waals surface area contributed by atoms with Gasteiger partial charge in [-0.1, -0.05) is 0 Å². The summed E-state index contributed by atoms with van der Waals surface area (Å²) in [4.78, 5) is 0.206. The standard InChI is InChI=1S/C13H23N3O4S/c1-9-13(10(2)16(14-9)7-8-17)21(18,19)15-11-5-4-6-12(11)20-3/h11-12,15,17H,4-8H2,1-3H3. The second-order valence-electron chi connectivity index (χ2n) is 5.38. The summed E-state index contributed by atoms with van der Waals surface area (Å²) in [6.45, 7) is 3.57. The van der Waals surface area contributed by atoms with Crippen molar-refractivity contribution in [3.63, 3.8) is 0 Å². The van der Waals surface area contributed by atoms with E-state index in [0.29, 0.717) is 11.4 Å². The molecule has 1 aliphatic rings. The fraction of sp³-hybridized carbons (Fsp3) is 0.769. The highest BCUT2D eigenvalue weighted by molar-refractivity contribution is 7.89. The van der Waals surface area contributed by atoms with Crippen LogP contribution in [0.15, 0.2) is 4.90 Å². The van der Waals surface area contributed by atoms with Gasteiger partial charge in [0, 0.05) is 13.2 Å². The van der Waals surface area contributed by atoms with Crippen LogP contribution in [0.4, 0.5) is 0 Å². The average molecular weight is 317 g/mol. The van der Waals surface area contributed by atoms with Crippen molar-refractivity contribution < 1.29 is 18.3 Å². The van der Waals surface area contributed by atoms with Crippen molar-refractivity contribution in [3.05, 3.63) is 11.4 Å². The number of methoxy groups -OCH3 is 1. The third-order valence-electron chi connectivity index (χ3n) is 3.96. The molecule has 1 aromatic rings. The lowest BCUT2D eigenvalue weighted by atomic mass is 10.2. The molecule has 0 aliphatic heterocycles. The molecule has 0 saturated heterocycles. The zero-order valence-corrected chi connectivity index (χ0v) is 13.5. The van der Waals surface area contributed by atoms with E-state index in [1.54, 1.807) is 21.0 Å². The maximum Gasteiger partial charge on any atom is 0.244 e. The lowest BCUT2D eigenvalue weighted by Gasteiger charge is -2.19. The van der Waals surface area contributed by atoms with Crippen LogP contribution in [-0.4, -0.2) is 49.2 Å². The van der Waals surface area contributed by atoms with Gasteiger partial charge in [-0.15, -0.1) is 0 Å². The van der Waals surface area contributed by atoms with Crippen molar-refractivity contribution in [3.8, 4) is 0 Å². The third kappa shape index (κ3) is 3.28. The lowest BCUT2D eigenvalue weighted by Crippen LogP contribution is -2.41. The third-order valence-corrected chi connectivity index (χ3v) is 5.70. The van der Waals surface area contributed by atoms with Gasteiger partial charge in [-0.3, -0.25) is 4.68 Å². The molecule has 2 rings (SSSR count). The van der Waals surface area contributed by atoms with Crippen LogP contribution in [0.1, 0.15) is 30.7 Å². The zero-order valence-electron chi connectivity index (χ0n) is 12.7. The number of nitrogens with one attached hydrogen (secondary N) is 1. The second-order valence-corrected chi connectivity index (χ2v) is 7.03. The van der Waals surface area contributed by atoms with E-state index in [2.05, 4.69) is 9.82 Å². The molecule has 1 fully saturated rings. The minimum Gasteiger partial charge on any atom is -0.394 e. The molecule has 0 radical (unpaired) electrons. The van der Waals surface area contributed by atoms with E-state index >= 15 is 0 Å². The first kappa shape index (κ1) is 16.4. The quantitative estimate of drug-likeness (QED) is 0.789. The van der Waals surface area contributed by atoms with E-state index in [1.807, 2.05) is 0 Å². The van der Waals surface area contributed by atoms with Crippen LogP contribution in [-0.2, 0) is 21.3 Å². The molecule has 0 spiro atoms. The highest BCUT2D eigenvalue weighted by Gasteiger charge is 2.33. The summed E-state index contributed by atoms with van der Waals surface area (Å²) < 4.78 is 34.8. The van der Waals surface area contributed by atoms with Gasteiger partial charge in [0.1, 0.15) is 4.90 Å². The van der Waals surface area contributed by atoms with Crippen molar-refractivity contribution in [1.29, 1.82) is 0 Å². The van der Waals surface area contributed by atoms with Gasteiger partial charge in [0.05, 0.1) is 30.6 Å². The van der Waals surface area contributed by atoms with Crippen molar-refractivity contribution in [2.45, 2.75) is 56.7 Å². The summed E-state index contributed by atoms with van der Waals surface area (Å²) in [6.07, 6.45) is 2.52. The maximum absolute atomic E-state index is 12.6. The Balaban J connectivity index is 2.27. The Labute approximate surface area is 125 Å². The van der Waals surface area contributed by atoms with Gasteiger partial charge >= 0.3 is 0 Å². The van der Waals surface area contributed by atoms with E-state index in [9.17, 15) is 8.42 Å². The van der Waals surface area contributed by atoms with Gasteiger partial charge in [-0.2, -0.15) is 5.10 Å². The van der Waals surface area contributed by atoms with Crippen LogP contribution in [0.25, 0.3) is 0 Å². The highest BCUT2D eigenvalue weighted by Crippen LogP contribution is 2.25. The molecule has 2 atom stereocenters. The van der Waals surface area contributed by atoms with Crippen LogP contribution < -0.4 is 4.72 Å². The Morgan fingerprint density at radius 3 is 2.76 bits per heavy atom. The summed E-state index contributed by atoms with van der Waals surface area (Å²) in [6, 6.07) is -0.194. The molecule has 1 aromatic heterocycles. The molecule has 120 valence electrons. The van der Waals surface area contributed by atoms with Gasteiger partial charge in [0.2, 0.25) is 10.0 Å². The highest BCUT2D eigenvalue weighted by atomic mass is 32.2. The summed E-state index contributed by atoms with van der Waals surface area (Å²) in [5, 5.41) is 13.2. The second kappa shape index (κ2) is 6.43. The molecule has 21 heavy (non-hydrogen) atoms. The molecular formula is C13H23N3O4S. The number of aliphatic hydroxyl groups is 1. The first-order valence-electron chi connectivity index (χ1n) is 7.10. The van der Waals surface area contributed by atoms with E-state index in [1.165, 1.54) is 4.68 Å². The maximum atomic E-state index is 12.6. The van der Waals surface area contributed by atoms with E-state index in [-0.39, 0.29) is 30.2 Å². The molecule has 7 nitrogen and oxygen atoms in total. The van der Waals surface area contributed by atoms with E-state index in [0.717, 1.165) is 19.3 Å². The molecule has 0 amide bonds. The summed E-state index contributed by atoms with van der Waals surface area (Å²) in [5.74, 6) is 0. The van der Waals surface area contributed by atoms with Crippen molar-refractivity contribution >= 4 is 10.0 Å². The number of rotatable bonds is 6. The molecule has 2 unspecified atom stereocenters. The number of aliphatic hydroxyl groups excluding tert-OH is 1. The van der Waals surface area contributed by atoms with Crippen LogP contribution in [0.2, 0.25) is 0 Å². The Morgan fingerprint density at radius 1 is 1.43 bits per heavy atom. The summed E-state index contributed by atoms with van der Waals surface area (Å²) in [7, 11) is -2.04. The van der Waals surface area contributed by atoms with Gasteiger partial charge in [-0.25, -0.2) is 13.1 Å². The number of ether oxygens (including phenoxy) is 1. The van der Waals surface area contributed by atoms with Crippen LogP contribution >= 0.6 is 0 Å². The molecule has 0 aromatic carbocycles. The predicted molar refractivity (Wildman–Crippen MR) is 77.5 cm³/mol. The smallest absolute Gasteiger partial charge is 0.244 e.